The Hall–Kier alpha value is -4.40. The normalized spacial score (nSPS) is 13.4. The quantitative estimate of drug-likeness (QED) is 0.265. The van der Waals surface area contributed by atoms with Crippen LogP contribution in [0, 0.1) is 12.7 Å². The molecule has 1 amide bonds. The number of fused-ring (bicyclic) bond motifs is 1. The summed E-state index contributed by atoms with van der Waals surface area (Å²) in [5, 5.41) is 2.96. The number of benzene rings is 3. The van der Waals surface area contributed by atoms with Crippen LogP contribution in [-0.2, 0) is 21.5 Å². The Balaban J connectivity index is 0.000000283. The zero-order valence-electron chi connectivity index (χ0n) is 22.1. The summed E-state index contributed by atoms with van der Waals surface area (Å²) in [4.78, 5) is 16.6. The summed E-state index contributed by atoms with van der Waals surface area (Å²) < 4.78 is 43.5. The molecule has 1 heterocycles. The number of hydrogen-bond acceptors (Lipinski definition) is 4. The number of aromatic nitrogens is 1. The predicted octanol–water partition coefficient (Wildman–Crippen LogP) is 6.50. The molecule has 1 aliphatic carbocycles. The van der Waals surface area contributed by atoms with Gasteiger partial charge in [-0.2, -0.15) is 8.42 Å². The molecule has 0 saturated heterocycles. The molecule has 0 saturated carbocycles. The Morgan fingerprint density at radius 3 is 2.25 bits per heavy atom. The highest BCUT2D eigenvalue weighted by Crippen LogP contribution is 2.43. The average molecular weight is 557 g/mol. The van der Waals surface area contributed by atoms with Gasteiger partial charge in [-0.15, -0.1) is 0 Å². The number of halogens is 1. The lowest BCUT2D eigenvalue weighted by molar-refractivity contribution is -0.120. The zero-order valence-corrected chi connectivity index (χ0v) is 23.0. The second-order valence-electron chi connectivity index (χ2n) is 9.36. The summed E-state index contributed by atoms with van der Waals surface area (Å²) in [5.41, 5.74) is 7.63. The van der Waals surface area contributed by atoms with E-state index >= 15 is 0 Å². The second-order valence-corrected chi connectivity index (χ2v) is 10.8. The Morgan fingerprint density at radius 2 is 1.60 bits per heavy atom. The minimum absolute atomic E-state index is 0.0666. The standard InChI is InChI=1S/C25H21FN2O.C7H8O3S/c1-17-22(13-18-9-11-27-12-10-18)21-8-7-20(26)14-24(21)23(17)15-25(29)28-16-19-5-3-2-4-6-19;1-6-2-4-7(5-3-6)11(8,9)10/h2-14H,15-16H2,1H3,(H,28,29);2-5H,1H3,(H,8,9,10)/b22-13-;. The van der Waals surface area contributed by atoms with Crippen molar-refractivity contribution in [2.75, 3.05) is 0 Å². The molecular formula is C32H29FN2O4S. The van der Waals surface area contributed by atoms with Crippen molar-refractivity contribution >= 4 is 33.2 Å². The summed E-state index contributed by atoms with van der Waals surface area (Å²) in [5.74, 6) is -0.382. The van der Waals surface area contributed by atoms with E-state index in [1.807, 2.05) is 56.3 Å². The fourth-order valence-electron chi connectivity index (χ4n) is 4.34. The van der Waals surface area contributed by atoms with Gasteiger partial charge < -0.3 is 5.32 Å². The van der Waals surface area contributed by atoms with Gasteiger partial charge in [0, 0.05) is 18.9 Å². The number of nitrogens with one attached hydrogen (secondary N) is 1. The second kappa shape index (κ2) is 12.6. The van der Waals surface area contributed by atoms with Gasteiger partial charge in [-0.25, -0.2) is 4.39 Å². The zero-order chi connectivity index (χ0) is 28.7. The van der Waals surface area contributed by atoms with E-state index in [0.29, 0.717) is 6.54 Å². The third-order valence-corrected chi connectivity index (χ3v) is 7.33. The maximum Gasteiger partial charge on any atom is 0.294 e. The van der Waals surface area contributed by atoms with Crippen molar-refractivity contribution < 1.29 is 22.2 Å². The minimum atomic E-state index is -4.02. The van der Waals surface area contributed by atoms with E-state index in [1.165, 1.54) is 24.3 Å². The van der Waals surface area contributed by atoms with Gasteiger partial charge in [0.1, 0.15) is 5.82 Å². The highest BCUT2D eigenvalue weighted by Gasteiger charge is 2.25. The maximum atomic E-state index is 14.0. The topological polar surface area (TPSA) is 96.4 Å². The van der Waals surface area contributed by atoms with E-state index in [4.69, 9.17) is 4.55 Å². The summed E-state index contributed by atoms with van der Waals surface area (Å²) in [6.45, 7) is 4.31. The van der Waals surface area contributed by atoms with Crippen LogP contribution in [0.25, 0.3) is 17.2 Å². The Morgan fingerprint density at radius 1 is 0.925 bits per heavy atom. The van der Waals surface area contributed by atoms with Crippen LogP contribution >= 0.6 is 0 Å². The van der Waals surface area contributed by atoms with Gasteiger partial charge >= 0.3 is 0 Å². The first kappa shape index (κ1) is 28.6. The summed E-state index contributed by atoms with van der Waals surface area (Å²) in [6.07, 6.45) is 5.75. The van der Waals surface area contributed by atoms with Crippen LogP contribution in [0.3, 0.4) is 0 Å². The molecule has 2 N–H and O–H groups in total. The molecular weight excluding hydrogens is 527 g/mol. The third-order valence-electron chi connectivity index (χ3n) is 6.46. The summed E-state index contributed by atoms with van der Waals surface area (Å²) >= 11 is 0. The first-order valence-electron chi connectivity index (χ1n) is 12.6. The van der Waals surface area contributed by atoms with Crippen LogP contribution in [0.4, 0.5) is 4.39 Å². The lowest BCUT2D eigenvalue weighted by atomic mass is 10.0. The van der Waals surface area contributed by atoms with Crippen molar-refractivity contribution in [2.45, 2.75) is 31.7 Å². The van der Waals surface area contributed by atoms with Crippen LogP contribution < -0.4 is 5.32 Å². The number of aryl methyl sites for hydroxylation is 1. The van der Waals surface area contributed by atoms with Gasteiger partial charge in [0.2, 0.25) is 5.91 Å². The molecule has 5 rings (SSSR count). The largest absolute Gasteiger partial charge is 0.352 e. The fourth-order valence-corrected chi connectivity index (χ4v) is 4.82. The summed E-state index contributed by atoms with van der Waals surface area (Å²) in [6, 6.07) is 24.4. The number of amides is 1. The first-order chi connectivity index (χ1) is 19.1. The number of allylic oxidation sites excluding steroid dienone is 2. The minimum Gasteiger partial charge on any atom is -0.352 e. The van der Waals surface area contributed by atoms with Gasteiger partial charge in [-0.05, 0) is 95.3 Å². The molecule has 0 bridgehead atoms. The van der Waals surface area contributed by atoms with E-state index in [1.54, 1.807) is 30.6 Å². The number of nitrogens with zero attached hydrogens (tertiary/aromatic N) is 1. The third kappa shape index (κ3) is 7.37. The number of pyridine rings is 1. The smallest absolute Gasteiger partial charge is 0.294 e. The maximum absolute atomic E-state index is 14.0. The molecule has 1 aromatic heterocycles. The van der Waals surface area contributed by atoms with E-state index in [9.17, 15) is 17.6 Å². The highest BCUT2D eigenvalue weighted by atomic mass is 32.2. The molecule has 204 valence electrons. The number of carbonyl (C=O) groups is 1. The molecule has 0 fully saturated rings. The molecule has 4 aromatic rings. The van der Waals surface area contributed by atoms with Crippen LogP contribution in [0.2, 0.25) is 0 Å². The molecule has 0 radical (unpaired) electrons. The molecule has 0 atom stereocenters. The van der Waals surface area contributed by atoms with Crippen LogP contribution in [0.1, 0.15) is 41.2 Å². The molecule has 0 unspecified atom stereocenters. The van der Waals surface area contributed by atoms with Crippen molar-refractivity contribution in [2.24, 2.45) is 0 Å². The highest BCUT2D eigenvalue weighted by molar-refractivity contribution is 7.85. The van der Waals surface area contributed by atoms with Crippen LogP contribution in [-0.4, -0.2) is 23.9 Å². The SMILES string of the molecule is CC1=C(CC(=O)NCc2ccccc2)c2cc(F)ccc2/C1=C\c1ccncc1.Cc1ccc(S(=O)(=O)O)cc1. The van der Waals surface area contributed by atoms with Crippen molar-refractivity contribution in [3.8, 4) is 0 Å². The van der Waals surface area contributed by atoms with E-state index in [2.05, 4.69) is 16.4 Å². The Bertz CT molecular complexity index is 1670. The van der Waals surface area contributed by atoms with E-state index in [0.717, 1.165) is 44.5 Å². The Kier molecular flexibility index (Phi) is 9.04. The molecule has 3 aromatic carbocycles. The molecule has 1 aliphatic rings. The molecule has 0 spiro atoms. The number of hydrogen-bond donors (Lipinski definition) is 2. The van der Waals surface area contributed by atoms with Gasteiger partial charge in [0.25, 0.3) is 10.1 Å². The molecule has 40 heavy (non-hydrogen) atoms. The van der Waals surface area contributed by atoms with Crippen molar-refractivity contribution in [1.82, 2.24) is 10.3 Å². The van der Waals surface area contributed by atoms with Crippen molar-refractivity contribution in [3.05, 3.63) is 137 Å². The molecule has 0 aliphatic heterocycles. The van der Waals surface area contributed by atoms with Gasteiger partial charge in [0.05, 0.1) is 11.3 Å². The van der Waals surface area contributed by atoms with Crippen molar-refractivity contribution in [3.63, 3.8) is 0 Å². The van der Waals surface area contributed by atoms with Crippen molar-refractivity contribution in [1.29, 1.82) is 0 Å². The van der Waals surface area contributed by atoms with Crippen LogP contribution in [0.15, 0.2) is 108 Å². The number of rotatable bonds is 6. The van der Waals surface area contributed by atoms with E-state index < -0.39 is 10.1 Å². The monoisotopic (exact) mass is 556 g/mol. The molecule has 8 heteroatoms. The predicted molar refractivity (Wildman–Crippen MR) is 155 cm³/mol. The van der Waals surface area contributed by atoms with E-state index in [-0.39, 0.29) is 23.0 Å². The molecule has 6 nitrogen and oxygen atoms in total. The summed E-state index contributed by atoms with van der Waals surface area (Å²) in [7, 11) is -4.02. The van der Waals surface area contributed by atoms with Gasteiger partial charge in [-0.1, -0.05) is 54.1 Å². The first-order valence-corrected chi connectivity index (χ1v) is 14.0. The lowest BCUT2D eigenvalue weighted by Gasteiger charge is -2.08. The van der Waals surface area contributed by atoms with Gasteiger partial charge in [-0.3, -0.25) is 14.3 Å². The number of carbonyl (C=O) groups excluding carboxylic acids is 1. The lowest BCUT2D eigenvalue weighted by Crippen LogP contribution is -2.22. The average Bonchev–Trinajstić information content (AvgIpc) is 3.18. The Labute approximate surface area is 233 Å². The van der Waals surface area contributed by atoms with Crippen LogP contribution in [0.5, 0.6) is 0 Å². The fraction of sp³-hybridized carbons (Fsp3) is 0.125. The van der Waals surface area contributed by atoms with Gasteiger partial charge in [0.15, 0.2) is 0 Å².